The highest BCUT2D eigenvalue weighted by Crippen LogP contribution is 2.34. The summed E-state index contributed by atoms with van der Waals surface area (Å²) in [5, 5.41) is 4.23. The highest BCUT2D eigenvalue weighted by molar-refractivity contribution is 5.94. The molecule has 6 nitrogen and oxygen atoms in total. The lowest BCUT2D eigenvalue weighted by Crippen LogP contribution is -2.36. The van der Waals surface area contributed by atoms with Gasteiger partial charge in [-0.1, -0.05) is 30.3 Å². The Morgan fingerprint density at radius 1 is 1.07 bits per heavy atom. The van der Waals surface area contributed by atoms with Gasteiger partial charge in [0.25, 0.3) is 5.91 Å². The second-order valence-corrected chi connectivity index (χ2v) is 6.99. The van der Waals surface area contributed by atoms with Gasteiger partial charge in [-0.3, -0.25) is 9.78 Å². The van der Waals surface area contributed by atoms with Gasteiger partial charge >= 0.3 is 0 Å². The lowest BCUT2D eigenvalue weighted by molar-refractivity contribution is 0.0548. The molecular weight excluding hydrogens is 364 g/mol. The van der Waals surface area contributed by atoms with Crippen LogP contribution >= 0.6 is 0 Å². The largest absolute Gasteiger partial charge is 0.378 e. The predicted molar refractivity (Wildman–Crippen MR) is 113 cm³/mol. The quantitative estimate of drug-likeness (QED) is 0.631. The first kappa shape index (κ1) is 19.1. The molecule has 0 atom stereocenters. The average molecular weight is 388 g/mol. The van der Waals surface area contributed by atoms with Crippen LogP contribution < -0.4 is 5.43 Å². The summed E-state index contributed by atoms with van der Waals surface area (Å²) in [4.78, 5) is 18.5. The van der Waals surface area contributed by atoms with E-state index in [1.165, 1.54) is 16.8 Å². The van der Waals surface area contributed by atoms with Gasteiger partial charge in [0.1, 0.15) is 0 Å². The molecule has 0 unspecified atom stereocenters. The van der Waals surface area contributed by atoms with Gasteiger partial charge < -0.3 is 9.64 Å². The number of benzene rings is 1. The normalized spacial score (nSPS) is 18.6. The van der Waals surface area contributed by atoms with E-state index in [9.17, 15) is 4.79 Å². The zero-order valence-electron chi connectivity index (χ0n) is 16.3. The Labute approximate surface area is 170 Å². The molecule has 6 heteroatoms. The van der Waals surface area contributed by atoms with Crippen molar-refractivity contribution in [3.8, 4) is 0 Å². The van der Waals surface area contributed by atoms with Crippen LogP contribution in [0, 0.1) is 0 Å². The van der Waals surface area contributed by atoms with Crippen molar-refractivity contribution in [2.45, 2.75) is 12.8 Å². The summed E-state index contributed by atoms with van der Waals surface area (Å²) in [6, 6.07) is 13.7. The number of ether oxygens (including phenoxy) is 1. The number of allylic oxidation sites excluding steroid dienone is 2. The third-order valence-electron chi connectivity index (χ3n) is 5.07. The van der Waals surface area contributed by atoms with Crippen LogP contribution in [0.1, 0.15) is 28.8 Å². The zero-order chi connectivity index (χ0) is 19.9. The third kappa shape index (κ3) is 4.78. The maximum atomic E-state index is 12.2. The van der Waals surface area contributed by atoms with Crippen molar-refractivity contribution in [3.63, 3.8) is 0 Å². The molecule has 1 aromatic heterocycles. The van der Waals surface area contributed by atoms with Crippen LogP contribution in [0.15, 0.2) is 76.8 Å². The van der Waals surface area contributed by atoms with Gasteiger partial charge in [-0.15, -0.1) is 0 Å². The number of hydrogen-bond donors (Lipinski definition) is 1. The highest BCUT2D eigenvalue weighted by Gasteiger charge is 2.25. The minimum Gasteiger partial charge on any atom is -0.378 e. The molecule has 2 aromatic rings. The third-order valence-corrected chi connectivity index (χ3v) is 5.07. The van der Waals surface area contributed by atoms with E-state index in [0.717, 1.165) is 44.7 Å². The fourth-order valence-corrected chi connectivity index (χ4v) is 3.66. The summed E-state index contributed by atoms with van der Waals surface area (Å²) in [5.74, 6) is -0.241. The van der Waals surface area contributed by atoms with Crippen molar-refractivity contribution in [1.82, 2.24) is 15.3 Å². The van der Waals surface area contributed by atoms with Crippen molar-refractivity contribution in [2.24, 2.45) is 5.10 Å². The van der Waals surface area contributed by atoms with E-state index in [1.54, 1.807) is 30.7 Å². The standard InChI is InChI=1S/C23H24N4O2/c28-23(19-8-10-24-11-9-19)26-25-17-21-7-6-20(16-18-4-2-1-3-5-18)22(21)27-12-14-29-15-13-27/h1-5,8-11,16-17H,6-7,12-15H2,(H,26,28)/b20-16?,25-17-. The van der Waals surface area contributed by atoms with Gasteiger partial charge in [-0.05, 0) is 47.8 Å². The number of morpholine rings is 1. The molecule has 2 heterocycles. The molecule has 0 saturated carbocycles. The Kier molecular flexibility index (Phi) is 6.12. The summed E-state index contributed by atoms with van der Waals surface area (Å²) < 4.78 is 5.53. The number of rotatable bonds is 5. The number of carbonyl (C=O) groups is 1. The van der Waals surface area contributed by atoms with E-state index >= 15 is 0 Å². The molecule has 1 amide bonds. The molecule has 1 aliphatic carbocycles. The Bertz CT molecular complexity index is 930. The summed E-state index contributed by atoms with van der Waals surface area (Å²) >= 11 is 0. The summed E-state index contributed by atoms with van der Waals surface area (Å²) in [6.45, 7) is 3.18. The molecule has 1 N–H and O–H groups in total. The Morgan fingerprint density at radius 2 is 1.83 bits per heavy atom. The average Bonchev–Trinajstić information content (AvgIpc) is 3.18. The smallest absolute Gasteiger partial charge is 0.271 e. The number of pyridine rings is 1. The van der Waals surface area contributed by atoms with E-state index in [2.05, 4.69) is 50.8 Å². The fourth-order valence-electron chi connectivity index (χ4n) is 3.66. The molecular formula is C23H24N4O2. The van der Waals surface area contributed by atoms with Crippen LogP contribution in [-0.2, 0) is 4.74 Å². The molecule has 0 radical (unpaired) electrons. The molecule has 0 spiro atoms. The molecule has 1 aliphatic heterocycles. The maximum Gasteiger partial charge on any atom is 0.271 e. The monoisotopic (exact) mass is 388 g/mol. The number of carbonyl (C=O) groups excluding carboxylic acids is 1. The second kappa shape index (κ2) is 9.30. The number of aromatic nitrogens is 1. The van der Waals surface area contributed by atoms with E-state index in [-0.39, 0.29) is 5.91 Å². The van der Waals surface area contributed by atoms with E-state index in [4.69, 9.17) is 4.74 Å². The minimum absolute atomic E-state index is 0.241. The van der Waals surface area contributed by atoms with Gasteiger partial charge in [0.05, 0.1) is 19.4 Å². The minimum atomic E-state index is -0.241. The molecule has 4 rings (SSSR count). The number of amides is 1. The van der Waals surface area contributed by atoms with Crippen LogP contribution in [0.4, 0.5) is 0 Å². The zero-order valence-corrected chi connectivity index (χ0v) is 16.3. The Morgan fingerprint density at radius 3 is 2.59 bits per heavy atom. The van der Waals surface area contributed by atoms with E-state index < -0.39 is 0 Å². The number of nitrogens with zero attached hydrogens (tertiary/aromatic N) is 3. The van der Waals surface area contributed by atoms with Gasteiger partial charge in [0.15, 0.2) is 0 Å². The lowest BCUT2D eigenvalue weighted by Gasteiger charge is -2.31. The van der Waals surface area contributed by atoms with Crippen molar-refractivity contribution in [1.29, 1.82) is 0 Å². The summed E-state index contributed by atoms with van der Waals surface area (Å²) in [5.41, 5.74) is 8.02. The first-order chi connectivity index (χ1) is 14.3. The number of nitrogens with one attached hydrogen (secondary N) is 1. The maximum absolute atomic E-state index is 12.2. The SMILES string of the molecule is O=C(N/N=C\C1=C(N2CCOCC2)C(=Cc2ccccc2)CC1)c1ccncc1. The topological polar surface area (TPSA) is 66.8 Å². The van der Waals surface area contributed by atoms with Gasteiger partial charge in [-0.2, -0.15) is 5.10 Å². The molecule has 29 heavy (non-hydrogen) atoms. The van der Waals surface area contributed by atoms with Crippen molar-refractivity contribution < 1.29 is 9.53 Å². The summed E-state index contributed by atoms with van der Waals surface area (Å²) in [6.07, 6.45) is 9.09. The number of hydrogen-bond acceptors (Lipinski definition) is 5. The second-order valence-electron chi connectivity index (χ2n) is 6.99. The van der Waals surface area contributed by atoms with E-state index in [0.29, 0.717) is 5.56 Å². The van der Waals surface area contributed by atoms with Gasteiger partial charge in [-0.25, -0.2) is 5.43 Å². The van der Waals surface area contributed by atoms with E-state index in [1.807, 2.05) is 6.07 Å². The highest BCUT2D eigenvalue weighted by atomic mass is 16.5. The van der Waals surface area contributed by atoms with Crippen LogP contribution in [0.2, 0.25) is 0 Å². The molecule has 0 bridgehead atoms. The van der Waals surface area contributed by atoms with Crippen molar-refractivity contribution in [2.75, 3.05) is 26.3 Å². The van der Waals surface area contributed by atoms with Crippen molar-refractivity contribution >= 4 is 18.2 Å². The Balaban J connectivity index is 1.56. The molecule has 2 aliphatic rings. The lowest BCUT2D eigenvalue weighted by atomic mass is 10.1. The number of hydrazone groups is 1. The first-order valence-corrected chi connectivity index (χ1v) is 9.86. The van der Waals surface area contributed by atoms with Gasteiger partial charge in [0, 0.05) is 36.7 Å². The van der Waals surface area contributed by atoms with Crippen molar-refractivity contribution in [3.05, 3.63) is 82.8 Å². The summed E-state index contributed by atoms with van der Waals surface area (Å²) in [7, 11) is 0. The first-order valence-electron chi connectivity index (χ1n) is 9.86. The molecule has 1 saturated heterocycles. The van der Waals surface area contributed by atoms with Crippen LogP contribution in [0.3, 0.4) is 0 Å². The van der Waals surface area contributed by atoms with Crippen LogP contribution in [0.25, 0.3) is 6.08 Å². The fraction of sp³-hybridized carbons (Fsp3) is 0.261. The van der Waals surface area contributed by atoms with Crippen LogP contribution in [0.5, 0.6) is 0 Å². The van der Waals surface area contributed by atoms with Gasteiger partial charge in [0.2, 0.25) is 0 Å². The molecule has 1 aromatic carbocycles. The predicted octanol–water partition coefficient (Wildman–Crippen LogP) is 3.26. The van der Waals surface area contributed by atoms with Crippen LogP contribution in [-0.4, -0.2) is 48.3 Å². The molecule has 1 fully saturated rings. The molecule has 148 valence electrons. The Hall–Kier alpha value is -3.25.